The van der Waals surface area contributed by atoms with Crippen molar-refractivity contribution in [1.82, 2.24) is 4.90 Å². The van der Waals surface area contributed by atoms with Gasteiger partial charge >= 0.3 is 0 Å². The molecule has 110 valence electrons. The minimum atomic E-state index is -0.500. The second-order valence-electron chi connectivity index (χ2n) is 5.69. The third-order valence-corrected chi connectivity index (χ3v) is 3.85. The van der Waals surface area contributed by atoms with E-state index >= 15 is 0 Å². The van der Waals surface area contributed by atoms with Crippen LogP contribution < -0.4 is 4.74 Å². The zero-order valence-electron chi connectivity index (χ0n) is 12.4. The lowest BCUT2D eigenvalue weighted by Gasteiger charge is -2.35. The molecular weight excluding hydrogens is 254 g/mol. The van der Waals surface area contributed by atoms with Gasteiger partial charge in [-0.05, 0) is 38.3 Å². The molecule has 1 aliphatic rings. The molecule has 3 unspecified atom stereocenters. The van der Waals surface area contributed by atoms with E-state index in [1.807, 2.05) is 38.1 Å². The van der Waals surface area contributed by atoms with E-state index in [-0.39, 0.29) is 17.9 Å². The maximum absolute atomic E-state index is 12.3. The van der Waals surface area contributed by atoms with E-state index in [0.717, 1.165) is 5.56 Å². The van der Waals surface area contributed by atoms with Crippen LogP contribution in [-0.2, 0) is 4.79 Å². The van der Waals surface area contributed by atoms with Crippen molar-refractivity contribution in [2.24, 2.45) is 5.92 Å². The van der Waals surface area contributed by atoms with Crippen molar-refractivity contribution in [2.75, 3.05) is 13.1 Å². The van der Waals surface area contributed by atoms with E-state index in [2.05, 4.69) is 0 Å². The molecule has 1 N–H and O–H groups in total. The van der Waals surface area contributed by atoms with Gasteiger partial charge in [-0.1, -0.05) is 24.6 Å². The van der Waals surface area contributed by atoms with Crippen LogP contribution in [0.25, 0.3) is 0 Å². The number of benzene rings is 1. The Kier molecular flexibility index (Phi) is 4.65. The van der Waals surface area contributed by atoms with Gasteiger partial charge < -0.3 is 14.7 Å². The van der Waals surface area contributed by atoms with Crippen molar-refractivity contribution in [3.63, 3.8) is 0 Å². The molecule has 4 nitrogen and oxygen atoms in total. The minimum absolute atomic E-state index is 0.00988. The number of amides is 1. The molecule has 1 fully saturated rings. The van der Waals surface area contributed by atoms with E-state index in [0.29, 0.717) is 25.3 Å². The molecule has 1 aromatic rings. The highest BCUT2D eigenvalue weighted by atomic mass is 16.5. The molecule has 0 aliphatic carbocycles. The minimum Gasteiger partial charge on any atom is -0.481 e. The van der Waals surface area contributed by atoms with Crippen molar-refractivity contribution in [3.8, 4) is 5.75 Å². The molecule has 1 aromatic carbocycles. The number of aliphatic hydroxyl groups excluding tert-OH is 1. The number of hydrogen-bond acceptors (Lipinski definition) is 3. The molecule has 0 saturated carbocycles. The molecule has 1 amide bonds. The zero-order chi connectivity index (χ0) is 14.7. The summed E-state index contributed by atoms with van der Waals surface area (Å²) in [6.07, 6.45) is -0.156. The van der Waals surface area contributed by atoms with Crippen LogP contribution in [0.1, 0.15) is 25.8 Å². The summed E-state index contributed by atoms with van der Waals surface area (Å²) in [6, 6.07) is 7.68. The summed E-state index contributed by atoms with van der Waals surface area (Å²) in [4.78, 5) is 14.1. The standard InChI is InChI=1S/C16H23NO3/c1-11-4-6-14(7-5-11)20-13(3)16(19)17-9-8-15(18)12(2)10-17/h4-7,12-13,15,18H,8-10H2,1-3H3. The Hall–Kier alpha value is -1.55. The summed E-state index contributed by atoms with van der Waals surface area (Å²) < 4.78 is 5.69. The number of carbonyl (C=O) groups is 1. The molecule has 4 heteroatoms. The van der Waals surface area contributed by atoms with Gasteiger partial charge in [-0.2, -0.15) is 0 Å². The fraction of sp³-hybridized carbons (Fsp3) is 0.562. The lowest BCUT2D eigenvalue weighted by atomic mass is 9.96. The average molecular weight is 277 g/mol. The highest BCUT2D eigenvalue weighted by molar-refractivity contribution is 5.81. The second kappa shape index (κ2) is 6.27. The predicted molar refractivity (Wildman–Crippen MR) is 77.6 cm³/mol. The molecule has 1 aliphatic heterocycles. The predicted octanol–water partition coefficient (Wildman–Crippen LogP) is 1.99. The number of nitrogens with zero attached hydrogens (tertiary/aromatic N) is 1. The van der Waals surface area contributed by atoms with Crippen LogP contribution in [0.2, 0.25) is 0 Å². The number of piperidine rings is 1. The number of likely N-dealkylation sites (tertiary alicyclic amines) is 1. The molecule has 0 aromatic heterocycles. The first-order valence-electron chi connectivity index (χ1n) is 7.17. The largest absolute Gasteiger partial charge is 0.481 e. The van der Waals surface area contributed by atoms with Gasteiger partial charge in [0.1, 0.15) is 5.75 Å². The van der Waals surface area contributed by atoms with Crippen molar-refractivity contribution in [1.29, 1.82) is 0 Å². The first kappa shape index (κ1) is 14.9. The zero-order valence-corrected chi connectivity index (χ0v) is 12.4. The van der Waals surface area contributed by atoms with E-state index in [4.69, 9.17) is 4.74 Å². The Morgan fingerprint density at radius 1 is 1.40 bits per heavy atom. The molecule has 0 bridgehead atoms. The monoisotopic (exact) mass is 277 g/mol. The average Bonchev–Trinajstić information content (AvgIpc) is 2.43. The van der Waals surface area contributed by atoms with Crippen LogP contribution in [0.4, 0.5) is 0 Å². The van der Waals surface area contributed by atoms with Crippen LogP contribution in [-0.4, -0.2) is 41.2 Å². The van der Waals surface area contributed by atoms with E-state index < -0.39 is 6.10 Å². The quantitative estimate of drug-likeness (QED) is 0.919. The van der Waals surface area contributed by atoms with Gasteiger partial charge in [0.25, 0.3) is 5.91 Å². The van der Waals surface area contributed by atoms with Gasteiger partial charge in [-0.25, -0.2) is 0 Å². The van der Waals surface area contributed by atoms with Crippen molar-refractivity contribution >= 4 is 5.91 Å². The summed E-state index contributed by atoms with van der Waals surface area (Å²) in [5.41, 5.74) is 1.16. The molecule has 0 spiro atoms. The normalized spacial score (nSPS) is 24.3. The maximum atomic E-state index is 12.3. The highest BCUT2D eigenvalue weighted by Gasteiger charge is 2.30. The number of hydrogen-bond donors (Lipinski definition) is 1. The summed E-state index contributed by atoms with van der Waals surface area (Å²) in [6.45, 7) is 6.96. The van der Waals surface area contributed by atoms with Gasteiger partial charge in [0, 0.05) is 13.1 Å². The molecule has 1 heterocycles. The molecule has 20 heavy (non-hydrogen) atoms. The first-order chi connectivity index (χ1) is 9.47. The van der Waals surface area contributed by atoms with Crippen molar-refractivity contribution < 1.29 is 14.6 Å². The lowest BCUT2D eigenvalue weighted by Crippen LogP contribution is -2.49. The number of carbonyl (C=O) groups excluding carboxylic acids is 1. The van der Waals surface area contributed by atoms with Crippen LogP contribution in [0.5, 0.6) is 5.75 Å². The summed E-state index contributed by atoms with van der Waals surface area (Å²) in [5, 5.41) is 9.71. The summed E-state index contributed by atoms with van der Waals surface area (Å²) in [7, 11) is 0. The molecule has 3 atom stereocenters. The van der Waals surface area contributed by atoms with Crippen LogP contribution in [0.15, 0.2) is 24.3 Å². The third kappa shape index (κ3) is 3.51. The van der Waals surface area contributed by atoms with Crippen LogP contribution in [0.3, 0.4) is 0 Å². The second-order valence-corrected chi connectivity index (χ2v) is 5.69. The van der Waals surface area contributed by atoms with Crippen LogP contribution in [0, 0.1) is 12.8 Å². The summed E-state index contributed by atoms with van der Waals surface area (Å²) in [5.74, 6) is 0.824. The van der Waals surface area contributed by atoms with Gasteiger partial charge in [0.05, 0.1) is 6.10 Å². The highest BCUT2D eigenvalue weighted by Crippen LogP contribution is 2.19. The van der Waals surface area contributed by atoms with Crippen molar-refractivity contribution in [2.45, 2.75) is 39.4 Å². The SMILES string of the molecule is Cc1ccc(OC(C)C(=O)N2CCC(O)C(C)C2)cc1. The van der Waals surface area contributed by atoms with Gasteiger partial charge in [0.2, 0.25) is 0 Å². The molecular formula is C16H23NO3. The topological polar surface area (TPSA) is 49.8 Å². The number of rotatable bonds is 3. The molecule has 1 saturated heterocycles. The lowest BCUT2D eigenvalue weighted by molar-refractivity contribution is -0.141. The fourth-order valence-corrected chi connectivity index (χ4v) is 2.46. The Bertz CT molecular complexity index is 457. The van der Waals surface area contributed by atoms with Gasteiger partial charge in [0.15, 0.2) is 6.10 Å². The van der Waals surface area contributed by atoms with E-state index in [9.17, 15) is 9.90 Å². The molecule has 0 radical (unpaired) electrons. The Morgan fingerprint density at radius 2 is 2.05 bits per heavy atom. The van der Waals surface area contributed by atoms with Crippen molar-refractivity contribution in [3.05, 3.63) is 29.8 Å². The Labute approximate surface area is 120 Å². The Balaban J connectivity index is 1.93. The third-order valence-electron chi connectivity index (χ3n) is 3.85. The summed E-state index contributed by atoms with van der Waals surface area (Å²) >= 11 is 0. The maximum Gasteiger partial charge on any atom is 0.263 e. The van der Waals surface area contributed by atoms with E-state index in [1.54, 1.807) is 11.8 Å². The number of aryl methyl sites for hydroxylation is 1. The number of ether oxygens (including phenoxy) is 1. The first-order valence-corrected chi connectivity index (χ1v) is 7.17. The Morgan fingerprint density at radius 3 is 2.65 bits per heavy atom. The van der Waals surface area contributed by atoms with Gasteiger partial charge in [-0.3, -0.25) is 4.79 Å². The fourth-order valence-electron chi connectivity index (χ4n) is 2.46. The number of aliphatic hydroxyl groups is 1. The molecule has 2 rings (SSSR count). The van der Waals surface area contributed by atoms with Crippen LogP contribution >= 0.6 is 0 Å². The smallest absolute Gasteiger partial charge is 0.263 e. The van der Waals surface area contributed by atoms with E-state index in [1.165, 1.54) is 0 Å². The van der Waals surface area contributed by atoms with Gasteiger partial charge in [-0.15, -0.1) is 0 Å².